The van der Waals surface area contributed by atoms with Gasteiger partial charge in [0.05, 0.1) is 5.69 Å². The van der Waals surface area contributed by atoms with Crippen LogP contribution < -0.4 is 0 Å². The number of hydrogen-bond donors (Lipinski definition) is 0. The van der Waals surface area contributed by atoms with E-state index in [-0.39, 0.29) is 28.8 Å². The fourth-order valence-corrected chi connectivity index (χ4v) is 2.71. The minimum Gasteiger partial charge on any atom is -0.287 e. The summed E-state index contributed by atoms with van der Waals surface area (Å²) in [5.74, 6) is -1.00. The van der Waals surface area contributed by atoms with Crippen LogP contribution >= 0.6 is 0 Å². The maximum Gasteiger partial charge on any atom is 0.216 e. The molecular weight excluding hydrogens is 297 g/mol. The largest absolute Gasteiger partial charge is 0.287 e. The molecule has 6 heteroatoms. The number of rotatable bonds is 1. The Balaban J connectivity index is 1.95. The monoisotopic (exact) mass is 307 g/mol. The van der Waals surface area contributed by atoms with Crippen LogP contribution in [0.5, 0.6) is 0 Å². The molecule has 0 saturated heterocycles. The van der Waals surface area contributed by atoms with Crippen molar-refractivity contribution >= 4 is 11.6 Å². The molecule has 0 spiro atoms. The number of ketones is 2. The van der Waals surface area contributed by atoms with Gasteiger partial charge in [0.15, 0.2) is 5.69 Å². The summed E-state index contributed by atoms with van der Waals surface area (Å²) in [6.07, 6.45) is 0. The molecule has 112 valence electrons. The summed E-state index contributed by atoms with van der Waals surface area (Å²) in [6, 6.07) is 10.9. The number of carbonyl (C=O) groups is 2. The van der Waals surface area contributed by atoms with E-state index in [0.717, 1.165) is 0 Å². The van der Waals surface area contributed by atoms with E-state index < -0.39 is 0 Å². The number of carbonyl (C=O) groups excluding carboxylic acids is 2. The fraction of sp³-hybridized carbons (Fsp3) is 0.0588. The van der Waals surface area contributed by atoms with Crippen LogP contribution in [0.25, 0.3) is 5.69 Å². The molecule has 1 aliphatic carbocycles. The van der Waals surface area contributed by atoms with Crippen molar-refractivity contribution in [2.24, 2.45) is 0 Å². The first-order valence-electron chi connectivity index (χ1n) is 6.98. The van der Waals surface area contributed by atoms with E-state index in [0.29, 0.717) is 22.4 Å². The normalized spacial score (nSPS) is 13.0. The Hall–Kier alpha value is -3.15. The van der Waals surface area contributed by atoms with E-state index in [4.69, 9.17) is 0 Å². The van der Waals surface area contributed by atoms with E-state index in [1.165, 1.54) is 16.8 Å². The molecule has 23 heavy (non-hydrogen) atoms. The lowest BCUT2D eigenvalue weighted by atomic mass is 9.90. The molecule has 1 heterocycles. The maximum atomic E-state index is 13.4. The molecule has 2 aromatic carbocycles. The van der Waals surface area contributed by atoms with Crippen molar-refractivity contribution in [3.05, 3.63) is 76.4 Å². The predicted octanol–water partition coefficient (Wildman–Crippen LogP) is 2.49. The maximum absolute atomic E-state index is 13.4. The van der Waals surface area contributed by atoms with Crippen molar-refractivity contribution in [1.29, 1.82) is 0 Å². The molecule has 1 aliphatic rings. The lowest BCUT2D eigenvalue weighted by molar-refractivity contribution is 0.0972. The van der Waals surface area contributed by atoms with Gasteiger partial charge in [0, 0.05) is 11.1 Å². The zero-order valence-electron chi connectivity index (χ0n) is 12.1. The molecule has 0 bridgehead atoms. The molecule has 0 atom stereocenters. The first kappa shape index (κ1) is 13.5. The third-order valence-electron chi connectivity index (χ3n) is 3.90. The number of halogens is 1. The molecule has 0 fully saturated rings. The van der Waals surface area contributed by atoms with Crippen molar-refractivity contribution in [2.45, 2.75) is 6.92 Å². The third-order valence-corrected chi connectivity index (χ3v) is 3.90. The molecule has 1 aromatic heterocycles. The summed E-state index contributed by atoms with van der Waals surface area (Å²) < 4.78 is 14.7. The Kier molecular flexibility index (Phi) is 2.74. The van der Waals surface area contributed by atoms with Crippen LogP contribution in [-0.4, -0.2) is 26.6 Å². The van der Waals surface area contributed by atoms with Gasteiger partial charge in [-0.3, -0.25) is 9.59 Å². The van der Waals surface area contributed by atoms with Crippen molar-refractivity contribution < 1.29 is 14.0 Å². The molecule has 0 unspecified atom stereocenters. The van der Waals surface area contributed by atoms with E-state index >= 15 is 0 Å². The minimum atomic E-state index is -0.351. The topological polar surface area (TPSA) is 64.8 Å². The zero-order chi connectivity index (χ0) is 16.1. The number of nitrogens with zero attached hydrogens (tertiary/aromatic N) is 3. The highest BCUT2D eigenvalue weighted by atomic mass is 19.1. The van der Waals surface area contributed by atoms with Gasteiger partial charge in [-0.05, 0) is 30.7 Å². The molecule has 0 amide bonds. The molecule has 4 rings (SSSR count). The standard InChI is InChI=1S/C17H10FN3O2/c1-9-8-10(6-7-13(9)18)21-15-14(19-20-21)16(22)11-4-2-3-5-12(11)17(15)23/h2-8H,1H3. The van der Waals surface area contributed by atoms with Crippen LogP contribution in [0.2, 0.25) is 0 Å². The van der Waals surface area contributed by atoms with Gasteiger partial charge >= 0.3 is 0 Å². The van der Waals surface area contributed by atoms with Gasteiger partial charge in [0.1, 0.15) is 11.5 Å². The van der Waals surface area contributed by atoms with Crippen LogP contribution in [0, 0.1) is 12.7 Å². The summed E-state index contributed by atoms with van der Waals surface area (Å²) in [5.41, 5.74) is 1.69. The van der Waals surface area contributed by atoms with Crippen LogP contribution in [0.1, 0.15) is 37.7 Å². The Morgan fingerprint density at radius 1 is 1.00 bits per heavy atom. The van der Waals surface area contributed by atoms with Gasteiger partial charge < -0.3 is 0 Å². The molecule has 5 nitrogen and oxygen atoms in total. The number of hydrogen-bond acceptors (Lipinski definition) is 4. The van der Waals surface area contributed by atoms with E-state index in [1.807, 2.05) is 0 Å². The first-order valence-corrected chi connectivity index (χ1v) is 6.98. The van der Waals surface area contributed by atoms with Crippen molar-refractivity contribution in [1.82, 2.24) is 15.0 Å². The van der Waals surface area contributed by atoms with E-state index in [9.17, 15) is 14.0 Å². The summed E-state index contributed by atoms with van der Waals surface area (Å²) in [6.45, 7) is 1.62. The molecule has 0 N–H and O–H groups in total. The number of aromatic nitrogens is 3. The van der Waals surface area contributed by atoms with Crippen LogP contribution in [-0.2, 0) is 0 Å². The Morgan fingerprint density at radius 3 is 2.39 bits per heavy atom. The molecule has 3 aromatic rings. The minimum absolute atomic E-state index is 0.0238. The number of benzene rings is 2. The smallest absolute Gasteiger partial charge is 0.216 e. The lowest BCUT2D eigenvalue weighted by Crippen LogP contribution is -2.23. The second kappa shape index (κ2) is 4.67. The van der Waals surface area contributed by atoms with Gasteiger partial charge in [0.25, 0.3) is 0 Å². The summed E-state index contributed by atoms with van der Waals surface area (Å²) in [4.78, 5) is 25.2. The van der Waals surface area contributed by atoms with Gasteiger partial charge in [-0.2, -0.15) is 0 Å². The average molecular weight is 307 g/mol. The van der Waals surface area contributed by atoms with Crippen molar-refractivity contribution in [3.8, 4) is 5.69 Å². The van der Waals surface area contributed by atoms with Crippen LogP contribution in [0.4, 0.5) is 4.39 Å². The fourth-order valence-electron chi connectivity index (χ4n) is 2.71. The average Bonchev–Trinajstić information content (AvgIpc) is 3.00. The highest BCUT2D eigenvalue weighted by Gasteiger charge is 2.35. The third kappa shape index (κ3) is 1.85. The van der Waals surface area contributed by atoms with Crippen LogP contribution in [0.15, 0.2) is 42.5 Å². The summed E-state index contributed by atoms with van der Waals surface area (Å²) in [7, 11) is 0. The summed E-state index contributed by atoms with van der Waals surface area (Å²) in [5, 5.41) is 7.79. The second-order valence-electron chi connectivity index (χ2n) is 5.34. The molecule has 0 saturated carbocycles. The van der Waals surface area contributed by atoms with Crippen LogP contribution in [0.3, 0.4) is 0 Å². The van der Waals surface area contributed by atoms with Crippen molar-refractivity contribution in [3.63, 3.8) is 0 Å². The summed E-state index contributed by atoms with van der Waals surface area (Å²) >= 11 is 0. The quantitative estimate of drug-likeness (QED) is 0.542. The van der Waals surface area contributed by atoms with E-state index in [1.54, 1.807) is 37.3 Å². The Bertz CT molecular complexity index is 991. The highest BCUT2D eigenvalue weighted by Crippen LogP contribution is 2.27. The highest BCUT2D eigenvalue weighted by molar-refractivity contribution is 6.27. The van der Waals surface area contributed by atoms with E-state index in [2.05, 4.69) is 10.3 Å². The Morgan fingerprint density at radius 2 is 1.70 bits per heavy atom. The SMILES string of the molecule is Cc1cc(-n2nnc3c2C(=O)c2ccccc2C3=O)ccc1F. The van der Waals surface area contributed by atoms with Gasteiger partial charge in [-0.1, -0.05) is 29.5 Å². The Labute approximate surface area is 130 Å². The predicted molar refractivity (Wildman–Crippen MR) is 79.4 cm³/mol. The van der Waals surface area contributed by atoms with Gasteiger partial charge in [-0.15, -0.1) is 5.10 Å². The van der Waals surface area contributed by atoms with Gasteiger partial charge in [0.2, 0.25) is 11.6 Å². The number of fused-ring (bicyclic) bond motifs is 2. The first-order chi connectivity index (χ1) is 11.1. The second-order valence-corrected chi connectivity index (χ2v) is 5.34. The van der Waals surface area contributed by atoms with Crippen molar-refractivity contribution in [2.75, 3.05) is 0 Å². The molecule has 0 radical (unpaired) electrons. The molecule has 0 aliphatic heterocycles. The zero-order valence-corrected chi connectivity index (χ0v) is 12.1. The van der Waals surface area contributed by atoms with Gasteiger partial charge in [-0.25, -0.2) is 9.07 Å². The number of aryl methyl sites for hydroxylation is 1. The lowest BCUT2D eigenvalue weighted by Gasteiger charge is -2.14. The molecular formula is C17H10FN3O2.